The average Bonchev–Trinajstić information content (AvgIpc) is 2.06. The van der Waals surface area contributed by atoms with E-state index >= 15 is 0 Å². The first kappa shape index (κ1) is 14.3. The summed E-state index contributed by atoms with van der Waals surface area (Å²) in [7, 11) is 0.141. The van der Waals surface area contributed by atoms with Gasteiger partial charge in [-0.05, 0) is 30.5 Å². The molecule has 96 valence electrons. The zero-order chi connectivity index (χ0) is 13.4. The Morgan fingerprint density at radius 2 is 1.59 bits per heavy atom. The predicted octanol–water partition coefficient (Wildman–Crippen LogP) is 3.48. The van der Waals surface area contributed by atoms with Crippen molar-refractivity contribution >= 4 is 19.7 Å². The molecular weight excluding hydrogens is 277 g/mol. The quantitative estimate of drug-likeness (QED) is 0.780. The maximum Gasteiger partial charge on any atom is 0.410 e. The summed E-state index contributed by atoms with van der Waals surface area (Å²) in [6.45, 7) is 2.84. The molecule has 0 radical (unpaired) electrons. The molecule has 1 aromatic rings. The van der Waals surface area contributed by atoms with Gasteiger partial charge in [-0.3, -0.25) is 0 Å². The molecule has 0 aromatic heterocycles. The Labute approximate surface area is 102 Å². The van der Waals surface area contributed by atoms with Gasteiger partial charge in [0.2, 0.25) is 9.05 Å². The van der Waals surface area contributed by atoms with E-state index in [4.69, 9.17) is 10.7 Å². The second-order valence-electron chi connectivity index (χ2n) is 3.70. The monoisotopic (exact) mass is 286 g/mol. The predicted molar refractivity (Wildman–Crippen MR) is 59.5 cm³/mol. The Morgan fingerprint density at radius 1 is 1.18 bits per heavy atom. The topological polar surface area (TPSA) is 34.1 Å². The van der Waals surface area contributed by atoms with E-state index < -0.39 is 20.5 Å². The van der Waals surface area contributed by atoms with E-state index in [-0.39, 0.29) is 16.7 Å². The summed E-state index contributed by atoms with van der Waals surface area (Å²) in [4.78, 5) is 0. The summed E-state index contributed by atoms with van der Waals surface area (Å²) in [6, 6.07) is 4.40. The first-order valence-electron chi connectivity index (χ1n) is 4.61. The molecule has 0 saturated heterocycles. The van der Waals surface area contributed by atoms with Gasteiger partial charge in [0, 0.05) is 10.7 Å². The molecule has 1 atom stereocenters. The molecule has 0 bridgehead atoms. The highest BCUT2D eigenvalue weighted by atomic mass is 35.7. The zero-order valence-corrected chi connectivity index (χ0v) is 10.6. The highest BCUT2D eigenvalue weighted by molar-refractivity contribution is 8.14. The van der Waals surface area contributed by atoms with Crippen LogP contribution in [0.5, 0.6) is 0 Å². The average molecular weight is 287 g/mol. The SMILES string of the molecule is Cc1cccc(C)c1C(C(F)(F)F)S(=O)(=O)Cl. The van der Waals surface area contributed by atoms with Gasteiger partial charge in [-0.25, -0.2) is 8.42 Å². The molecule has 0 heterocycles. The number of hydrogen-bond donors (Lipinski definition) is 0. The molecule has 1 unspecified atom stereocenters. The van der Waals surface area contributed by atoms with Crippen molar-refractivity contribution in [3.63, 3.8) is 0 Å². The lowest BCUT2D eigenvalue weighted by Gasteiger charge is -2.21. The number of benzene rings is 1. The molecule has 0 saturated carbocycles. The summed E-state index contributed by atoms with van der Waals surface area (Å²) in [5.74, 6) is 0. The molecule has 7 heteroatoms. The van der Waals surface area contributed by atoms with Crippen molar-refractivity contribution in [1.29, 1.82) is 0 Å². The van der Waals surface area contributed by atoms with Crippen molar-refractivity contribution < 1.29 is 21.6 Å². The fourth-order valence-electron chi connectivity index (χ4n) is 1.70. The van der Waals surface area contributed by atoms with Crippen molar-refractivity contribution in [2.45, 2.75) is 25.3 Å². The second kappa shape index (κ2) is 4.49. The molecule has 0 fully saturated rings. The molecule has 1 rings (SSSR count). The van der Waals surface area contributed by atoms with Crippen LogP contribution in [0.1, 0.15) is 21.9 Å². The molecule has 2 nitrogen and oxygen atoms in total. The Bertz CT molecular complexity index is 503. The molecule has 0 spiro atoms. The number of alkyl halides is 3. The summed E-state index contributed by atoms with van der Waals surface area (Å²) >= 11 is 0. The van der Waals surface area contributed by atoms with Gasteiger partial charge in [-0.1, -0.05) is 18.2 Å². The summed E-state index contributed by atoms with van der Waals surface area (Å²) in [5.41, 5.74) is 0.197. The Hall–Kier alpha value is -0.750. The number of aryl methyl sites for hydroxylation is 2. The van der Waals surface area contributed by atoms with Gasteiger partial charge in [0.05, 0.1) is 0 Å². The van der Waals surface area contributed by atoms with Crippen LogP contribution in [0, 0.1) is 13.8 Å². The maximum atomic E-state index is 12.8. The molecule has 0 N–H and O–H groups in total. The third kappa shape index (κ3) is 3.13. The minimum atomic E-state index is -4.93. The van der Waals surface area contributed by atoms with E-state index in [1.165, 1.54) is 26.0 Å². The van der Waals surface area contributed by atoms with Crippen molar-refractivity contribution in [1.82, 2.24) is 0 Å². The summed E-state index contributed by atoms with van der Waals surface area (Å²) < 4.78 is 60.7. The molecule has 0 aliphatic heterocycles. The van der Waals surface area contributed by atoms with Crippen molar-refractivity contribution in [3.8, 4) is 0 Å². The van der Waals surface area contributed by atoms with Crippen LogP contribution in [0.15, 0.2) is 18.2 Å². The van der Waals surface area contributed by atoms with Crippen LogP contribution in [0.25, 0.3) is 0 Å². The van der Waals surface area contributed by atoms with Gasteiger partial charge in [-0.15, -0.1) is 0 Å². The Kier molecular flexibility index (Phi) is 3.78. The molecule has 17 heavy (non-hydrogen) atoms. The molecule has 0 aliphatic carbocycles. The highest BCUT2D eigenvalue weighted by Crippen LogP contribution is 2.43. The van der Waals surface area contributed by atoms with Crippen LogP contribution in [-0.2, 0) is 9.05 Å². The summed E-state index contributed by atoms with van der Waals surface area (Å²) in [6.07, 6.45) is -4.93. The number of hydrogen-bond acceptors (Lipinski definition) is 2. The molecule has 0 aliphatic rings. The lowest BCUT2D eigenvalue weighted by Crippen LogP contribution is -2.27. The fourth-order valence-corrected chi connectivity index (χ4v) is 3.25. The van der Waals surface area contributed by atoms with Crippen molar-refractivity contribution in [3.05, 3.63) is 34.9 Å². The first-order valence-corrected chi connectivity index (χ1v) is 6.98. The minimum Gasteiger partial charge on any atom is -0.211 e. The van der Waals surface area contributed by atoms with Crippen LogP contribution >= 0.6 is 10.7 Å². The van der Waals surface area contributed by atoms with Crippen LogP contribution in [0.4, 0.5) is 13.2 Å². The minimum absolute atomic E-state index is 0.247. The fraction of sp³-hybridized carbons (Fsp3) is 0.400. The third-order valence-electron chi connectivity index (χ3n) is 2.38. The second-order valence-corrected chi connectivity index (χ2v) is 6.42. The zero-order valence-electron chi connectivity index (χ0n) is 9.05. The first-order chi connectivity index (χ1) is 7.55. The third-order valence-corrected chi connectivity index (χ3v) is 3.98. The van der Waals surface area contributed by atoms with Gasteiger partial charge < -0.3 is 0 Å². The van der Waals surface area contributed by atoms with Crippen LogP contribution in [0.3, 0.4) is 0 Å². The maximum absolute atomic E-state index is 12.8. The van der Waals surface area contributed by atoms with E-state index in [0.29, 0.717) is 0 Å². The molecule has 1 aromatic carbocycles. The van der Waals surface area contributed by atoms with E-state index in [0.717, 1.165) is 0 Å². The van der Waals surface area contributed by atoms with Crippen LogP contribution in [-0.4, -0.2) is 14.6 Å². The standard InChI is InChI=1S/C10H10ClF3O2S/c1-6-4-3-5-7(2)8(6)9(10(12,13)14)17(11,15)16/h3-5,9H,1-2H3. The molecule has 0 amide bonds. The van der Waals surface area contributed by atoms with E-state index in [2.05, 4.69) is 0 Å². The van der Waals surface area contributed by atoms with Crippen molar-refractivity contribution in [2.24, 2.45) is 0 Å². The van der Waals surface area contributed by atoms with E-state index in [1.54, 1.807) is 6.07 Å². The smallest absolute Gasteiger partial charge is 0.211 e. The van der Waals surface area contributed by atoms with Gasteiger partial charge in [0.15, 0.2) is 5.25 Å². The van der Waals surface area contributed by atoms with Gasteiger partial charge in [0.1, 0.15) is 0 Å². The normalized spacial score (nSPS) is 14.7. The van der Waals surface area contributed by atoms with E-state index in [1.807, 2.05) is 0 Å². The molecular formula is C10H10ClF3O2S. The summed E-state index contributed by atoms with van der Waals surface area (Å²) in [5, 5.41) is -2.68. The Morgan fingerprint density at radius 3 is 1.88 bits per heavy atom. The van der Waals surface area contributed by atoms with Gasteiger partial charge >= 0.3 is 6.18 Å². The Balaban J connectivity index is 3.55. The van der Waals surface area contributed by atoms with E-state index in [9.17, 15) is 21.6 Å². The largest absolute Gasteiger partial charge is 0.410 e. The lowest BCUT2D eigenvalue weighted by molar-refractivity contribution is -0.131. The van der Waals surface area contributed by atoms with Crippen LogP contribution in [0.2, 0.25) is 0 Å². The van der Waals surface area contributed by atoms with Gasteiger partial charge in [-0.2, -0.15) is 13.2 Å². The number of halogens is 4. The van der Waals surface area contributed by atoms with Gasteiger partial charge in [0.25, 0.3) is 0 Å². The van der Waals surface area contributed by atoms with Crippen LogP contribution < -0.4 is 0 Å². The van der Waals surface area contributed by atoms with Crippen molar-refractivity contribution in [2.75, 3.05) is 0 Å². The lowest BCUT2D eigenvalue weighted by atomic mass is 9.99. The highest BCUT2D eigenvalue weighted by Gasteiger charge is 2.50. The number of rotatable bonds is 2.